The molecule has 2 rings (SSSR count). The van der Waals surface area contributed by atoms with Gasteiger partial charge in [0.05, 0.1) is 38.1 Å². The quantitative estimate of drug-likeness (QED) is 0.0318. The van der Waals surface area contributed by atoms with Gasteiger partial charge in [0, 0.05) is 0 Å². The number of hydrogen-bond donors (Lipinski definition) is 12. The molecule has 2 saturated heterocycles. The van der Waals surface area contributed by atoms with Crippen LogP contribution in [0.3, 0.4) is 0 Å². The van der Waals surface area contributed by atoms with Gasteiger partial charge < -0.3 is 80.4 Å². The average molecular weight is 1040 g/mol. The number of unbranched alkanes of at least 4 members (excludes halogenated alkanes) is 30. The topological polar surface area (TPSA) is 289 Å². The maximum atomic E-state index is 13.4. The molecule has 17 heteroatoms. The Morgan fingerprint density at radius 3 is 1.22 bits per heavy atom. The zero-order valence-corrected chi connectivity index (χ0v) is 44.8. The summed E-state index contributed by atoms with van der Waals surface area (Å²) in [4.78, 5) is 13.4. The predicted molar refractivity (Wildman–Crippen MR) is 277 cm³/mol. The van der Waals surface area contributed by atoms with E-state index >= 15 is 0 Å². The monoisotopic (exact) mass is 1040 g/mol. The Bertz CT molecular complexity index is 1270. The van der Waals surface area contributed by atoms with Gasteiger partial charge in [0.1, 0.15) is 54.9 Å². The van der Waals surface area contributed by atoms with Crippen molar-refractivity contribution < 1.29 is 79.9 Å². The summed E-state index contributed by atoms with van der Waals surface area (Å²) in [5, 5.41) is 120. The van der Waals surface area contributed by atoms with Crippen molar-refractivity contribution in [2.45, 2.75) is 324 Å². The van der Waals surface area contributed by atoms with Gasteiger partial charge in [-0.1, -0.05) is 219 Å². The van der Waals surface area contributed by atoms with E-state index in [1.54, 1.807) is 0 Å². The summed E-state index contributed by atoms with van der Waals surface area (Å²) in [5.41, 5.74) is 0. The van der Waals surface area contributed by atoms with Crippen LogP contribution in [0.25, 0.3) is 0 Å². The van der Waals surface area contributed by atoms with Gasteiger partial charge in [-0.15, -0.1) is 0 Å². The Hall–Kier alpha value is -1.13. The Morgan fingerprint density at radius 2 is 0.819 bits per heavy atom. The second-order valence-corrected chi connectivity index (χ2v) is 21.2. The van der Waals surface area contributed by atoms with Gasteiger partial charge in [0.2, 0.25) is 0 Å². The number of aliphatic hydroxyl groups excluding tert-OH is 11. The Labute approximate surface area is 433 Å². The number of carbonyl (C=O) groups excluding carboxylic acids is 1. The lowest BCUT2D eigenvalue weighted by Crippen LogP contribution is -2.65. The van der Waals surface area contributed by atoms with E-state index in [1.165, 1.54) is 141 Å². The molecule has 0 unspecified atom stereocenters. The number of rotatable bonds is 46. The van der Waals surface area contributed by atoms with Crippen LogP contribution in [-0.4, -0.2) is 174 Å². The molecule has 1 amide bonds. The third kappa shape index (κ3) is 27.3. The maximum absolute atomic E-state index is 13.4. The minimum atomic E-state index is -1.89. The molecule has 428 valence electrons. The van der Waals surface area contributed by atoms with Gasteiger partial charge in [0.15, 0.2) is 18.7 Å². The second-order valence-electron chi connectivity index (χ2n) is 21.2. The smallest absolute Gasteiger partial charge is 0.251 e. The molecular formula is C55H107NO16. The highest BCUT2D eigenvalue weighted by Crippen LogP contribution is 2.30. The van der Waals surface area contributed by atoms with Crippen molar-refractivity contribution in [2.75, 3.05) is 19.8 Å². The summed E-state index contributed by atoms with van der Waals surface area (Å²) < 4.78 is 22.5. The molecule has 12 N–H and O–H groups in total. The van der Waals surface area contributed by atoms with E-state index in [2.05, 4.69) is 19.2 Å². The molecule has 2 aliphatic heterocycles. The van der Waals surface area contributed by atoms with Gasteiger partial charge in [-0.2, -0.15) is 0 Å². The van der Waals surface area contributed by atoms with Gasteiger partial charge in [0.25, 0.3) is 5.91 Å². The fraction of sp³-hybridized carbons (Fsp3) is 0.982. The number of nitrogens with one attached hydrogen (secondary N) is 1. The standard InChI is InChI=1S/C55H107NO16/c1-3-5-7-9-11-13-15-17-18-19-20-21-22-24-26-28-30-32-34-36-42(60)46(62)53(68)56-40(45(61)41(59)35-33-31-29-27-25-23-16-14-12-10-8-6-4-2)39-69-54-51(67)49(65)52(44(38-58)71-54)72-55-50(66)48(64)47(63)43(37-57)70-55/h40-52,54-55,57-67H,3-39H2,1-2H3,(H,56,68)/t40-,41+,42+,43+,44+,45-,46-,47-,48-,49+,50+,51+,52+,54+,55-/m0/s1. The van der Waals surface area contributed by atoms with Crippen molar-refractivity contribution in [3.63, 3.8) is 0 Å². The molecular weight excluding hydrogens is 931 g/mol. The molecule has 0 aromatic rings. The van der Waals surface area contributed by atoms with E-state index in [1.807, 2.05) is 0 Å². The van der Waals surface area contributed by atoms with Crippen molar-refractivity contribution in [3.8, 4) is 0 Å². The van der Waals surface area contributed by atoms with Crippen LogP contribution in [0.5, 0.6) is 0 Å². The first-order chi connectivity index (χ1) is 34.8. The molecule has 0 radical (unpaired) electrons. The number of hydrogen-bond acceptors (Lipinski definition) is 16. The van der Waals surface area contributed by atoms with Crippen molar-refractivity contribution in [2.24, 2.45) is 0 Å². The molecule has 0 bridgehead atoms. The van der Waals surface area contributed by atoms with E-state index in [0.29, 0.717) is 12.8 Å². The van der Waals surface area contributed by atoms with Crippen LogP contribution in [0.15, 0.2) is 0 Å². The van der Waals surface area contributed by atoms with Crippen LogP contribution in [0.4, 0.5) is 0 Å². The van der Waals surface area contributed by atoms with Gasteiger partial charge in [-0.05, 0) is 12.8 Å². The van der Waals surface area contributed by atoms with Crippen LogP contribution in [0.2, 0.25) is 0 Å². The summed E-state index contributed by atoms with van der Waals surface area (Å²) >= 11 is 0. The van der Waals surface area contributed by atoms with Crippen molar-refractivity contribution >= 4 is 5.91 Å². The van der Waals surface area contributed by atoms with E-state index in [-0.39, 0.29) is 12.8 Å². The molecule has 0 saturated carbocycles. The predicted octanol–water partition coefficient (Wildman–Crippen LogP) is 5.86. The van der Waals surface area contributed by atoms with Crippen molar-refractivity contribution in [3.05, 3.63) is 0 Å². The molecule has 0 aromatic carbocycles. The number of ether oxygens (including phenoxy) is 4. The fourth-order valence-electron chi connectivity index (χ4n) is 9.96. The Kier molecular flexibility index (Phi) is 39.0. The summed E-state index contributed by atoms with van der Waals surface area (Å²) in [5.74, 6) is -1.01. The van der Waals surface area contributed by atoms with Crippen LogP contribution in [0.1, 0.15) is 232 Å². The first-order valence-corrected chi connectivity index (χ1v) is 29.0. The summed E-state index contributed by atoms with van der Waals surface area (Å²) in [7, 11) is 0. The molecule has 2 heterocycles. The number of aliphatic hydroxyl groups is 11. The first-order valence-electron chi connectivity index (χ1n) is 29.0. The molecule has 15 atom stereocenters. The molecule has 17 nitrogen and oxygen atoms in total. The SMILES string of the molecule is CCCCCCCCCCCCCCCCCCCCC[C@@H](O)[C@H](O)C(=O)N[C@@H](CO[C@@H]1O[C@H](CO)[C@@H](O[C@@H]2O[C@H](CO)[C@H](O)[C@H](O)[C@H]2O)[C@H](O)[C@H]1O)[C@H](O)[C@H](O)CCCCCCCCCCCCCCC. The van der Waals surface area contributed by atoms with Crippen molar-refractivity contribution in [1.82, 2.24) is 5.32 Å². The average Bonchev–Trinajstić information content (AvgIpc) is 3.38. The zero-order chi connectivity index (χ0) is 52.9. The lowest BCUT2D eigenvalue weighted by Gasteiger charge is -2.46. The van der Waals surface area contributed by atoms with Gasteiger partial charge >= 0.3 is 0 Å². The Morgan fingerprint density at radius 1 is 0.458 bits per heavy atom. The van der Waals surface area contributed by atoms with E-state index in [4.69, 9.17) is 18.9 Å². The van der Waals surface area contributed by atoms with Crippen LogP contribution in [0, 0.1) is 0 Å². The highest BCUT2D eigenvalue weighted by Gasteiger charge is 2.51. The van der Waals surface area contributed by atoms with Gasteiger partial charge in [-0.25, -0.2) is 0 Å². The number of carbonyl (C=O) groups is 1. The van der Waals surface area contributed by atoms with E-state index < -0.39 is 118 Å². The van der Waals surface area contributed by atoms with Crippen LogP contribution >= 0.6 is 0 Å². The molecule has 2 fully saturated rings. The lowest BCUT2D eigenvalue weighted by atomic mass is 9.97. The van der Waals surface area contributed by atoms with E-state index in [9.17, 15) is 61.0 Å². The Balaban J connectivity index is 1.86. The second kappa shape index (κ2) is 42.0. The third-order valence-corrected chi connectivity index (χ3v) is 14.9. The minimum Gasteiger partial charge on any atom is -0.394 e. The summed E-state index contributed by atoms with van der Waals surface area (Å²) in [6.07, 6.45) is 15.3. The number of amides is 1. The van der Waals surface area contributed by atoms with Crippen LogP contribution < -0.4 is 5.32 Å². The molecule has 72 heavy (non-hydrogen) atoms. The first kappa shape index (κ1) is 67.0. The lowest BCUT2D eigenvalue weighted by molar-refractivity contribution is -0.359. The molecule has 0 aromatic heterocycles. The molecule has 2 aliphatic rings. The summed E-state index contributed by atoms with van der Waals surface area (Å²) in [6, 6.07) is -1.39. The maximum Gasteiger partial charge on any atom is 0.251 e. The highest BCUT2D eigenvalue weighted by atomic mass is 16.7. The summed E-state index contributed by atoms with van der Waals surface area (Å²) in [6.45, 7) is 2.30. The highest BCUT2D eigenvalue weighted by molar-refractivity contribution is 5.81. The van der Waals surface area contributed by atoms with E-state index in [0.717, 1.165) is 51.4 Å². The molecule has 0 aliphatic carbocycles. The molecule has 0 spiro atoms. The largest absolute Gasteiger partial charge is 0.394 e. The third-order valence-electron chi connectivity index (χ3n) is 14.9. The van der Waals surface area contributed by atoms with Crippen LogP contribution in [-0.2, 0) is 23.7 Å². The van der Waals surface area contributed by atoms with Gasteiger partial charge in [-0.3, -0.25) is 4.79 Å². The van der Waals surface area contributed by atoms with Crippen molar-refractivity contribution in [1.29, 1.82) is 0 Å². The minimum absolute atomic E-state index is 0.174. The normalized spacial score (nSPS) is 26.8. The fourth-order valence-corrected chi connectivity index (χ4v) is 9.96. The zero-order valence-electron chi connectivity index (χ0n) is 44.8.